The van der Waals surface area contributed by atoms with Gasteiger partial charge in [-0.15, -0.1) is 0 Å². The first-order valence-electron chi connectivity index (χ1n) is 4.49. The molecule has 11 heteroatoms. The smallest absolute Gasteiger partial charge is 0.352 e. The Morgan fingerprint density at radius 2 is 1.42 bits per heavy atom. The first-order chi connectivity index (χ1) is 8.79. The second-order valence-electron chi connectivity index (χ2n) is 3.12. The van der Waals surface area contributed by atoms with E-state index in [-0.39, 0.29) is 0 Å². The van der Waals surface area contributed by atoms with E-state index < -0.39 is 43.4 Å². The molecule has 1 aromatic carbocycles. The molecule has 0 N–H and O–H groups in total. The van der Waals surface area contributed by atoms with Crippen LogP contribution in [0.1, 0.15) is 10.4 Å². The van der Waals surface area contributed by atoms with Gasteiger partial charge >= 0.3 is 5.97 Å². The average Bonchev–Trinajstić information content (AvgIpc) is 2.35. The number of nitrogens with zero attached hydrogens (tertiary/aromatic N) is 3. The van der Waals surface area contributed by atoms with E-state index in [2.05, 4.69) is 4.74 Å². The van der Waals surface area contributed by atoms with Gasteiger partial charge in [0, 0.05) is 0 Å². The summed E-state index contributed by atoms with van der Waals surface area (Å²) in [7, 11) is 0.872. The minimum absolute atomic E-state index is 0.458. The normalized spacial score (nSPS) is 9.74. The quantitative estimate of drug-likeness (QED) is 0.449. The number of rotatable bonds is 4. The number of hydrogen-bond donors (Lipinski definition) is 0. The summed E-state index contributed by atoms with van der Waals surface area (Å²) >= 11 is 0. The van der Waals surface area contributed by atoms with Crippen molar-refractivity contribution in [2.75, 3.05) is 7.11 Å². The Balaban J connectivity index is 3.75. The highest BCUT2D eigenvalue weighted by atomic mass is 16.6. The molecule has 0 saturated carbocycles. The lowest BCUT2D eigenvalue weighted by Gasteiger charge is -2.02. The third kappa shape index (κ3) is 2.59. The van der Waals surface area contributed by atoms with Gasteiger partial charge in [-0.1, -0.05) is 0 Å². The van der Waals surface area contributed by atoms with Crippen molar-refractivity contribution in [2.24, 2.45) is 0 Å². The van der Waals surface area contributed by atoms with Gasteiger partial charge in [-0.25, -0.2) is 4.79 Å². The number of hydrogen-bond acceptors (Lipinski definition) is 8. The zero-order chi connectivity index (χ0) is 14.7. The molecule has 0 amide bonds. The molecule has 0 aliphatic carbocycles. The maximum Gasteiger partial charge on any atom is 0.352 e. The van der Waals surface area contributed by atoms with E-state index in [0.717, 1.165) is 7.11 Å². The Bertz CT molecular complexity index is 561. The molecule has 100 valence electrons. The number of nitro benzene ring substituents is 3. The molecule has 0 radical (unpaired) electrons. The molecule has 0 aromatic heterocycles. The van der Waals surface area contributed by atoms with Crippen molar-refractivity contribution in [3.05, 3.63) is 48.0 Å². The van der Waals surface area contributed by atoms with E-state index in [1.807, 2.05) is 0 Å². The summed E-state index contributed by atoms with van der Waals surface area (Å²) in [6.45, 7) is 0. The lowest BCUT2D eigenvalue weighted by molar-refractivity contribution is -0.403. The summed E-state index contributed by atoms with van der Waals surface area (Å²) in [5.74, 6) is -1.33. The first kappa shape index (κ1) is 14.0. The van der Waals surface area contributed by atoms with Gasteiger partial charge < -0.3 is 4.74 Å². The summed E-state index contributed by atoms with van der Waals surface area (Å²) in [5, 5.41) is 32.0. The summed E-state index contributed by atoms with van der Waals surface area (Å²) in [6.07, 6.45) is 0. The van der Waals surface area contributed by atoms with Gasteiger partial charge in [-0.3, -0.25) is 30.3 Å². The Morgan fingerprint density at radius 3 is 1.68 bits per heavy atom. The number of carbonyl (C=O) groups is 1. The summed E-state index contributed by atoms with van der Waals surface area (Å²) in [5.41, 5.74) is -3.94. The lowest BCUT2D eigenvalue weighted by Crippen LogP contribution is -2.10. The van der Waals surface area contributed by atoms with E-state index >= 15 is 0 Å². The van der Waals surface area contributed by atoms with Crippen LogP contribution in [0, 0.1) is 30.3 Å². The fraction of sp³-hybridized carbons (Fsp3) is 0.125. The van der Waals surface area contributed by atoms with Crippen LogP contribution in [0.5, 0.6) is 0 Å². The molecule has 0 aliphatic heterocycles. The molecule has 0 fully saturated rings. The van der Waals surface area contributed by atoms with Crippen LogP contribution in [0.4, 0.5) is 17.1 Å². The van der Waals surface area contributed by atoms with E-state index in [0.29, 0.717) is 12.1 Å². The van der Waals surface area contributed by atoms with Crippen LogP contribution in [0.25, 0.3) is 0 Å². The fourth-order valence-electron chi connectivity index (χ4n) is 1.30. The van der Waals surface area contributed by atoms with Gasteiger partial charge in [0.25, 0.3) is 17.1 Å². The number of methoxy groups -OCH3 is 1. The minimum atomic E-state index is -1.33. The van der Waals surface area contributed by atoms with Crippen molar-refractivity contribution in [3.8, 4) is 0 Å². The van der Waals surface area contributed by atoms with Crippen molar-refractivity contribution in [1.82, 2.24) is 0 Å². The molecule has 0 atom stereocenters. The Hall–Kier alpha value is -3.11. The Labute approximate surface area is 103 Å². The van der Waals surface area contributed by atoms with Crippen LogP contribution in [-0.4, -0.2) is 27.8 Å². The van der Waals surface area contributed by atoms with Crippen molar-refractivity contribution >= 4 is 23.0 Å². The van der Waals surface area contributed by atoms with Crippen molar-refractivity contribution < 1.29 is 24.3 Å². The van der Waals surface area contributed by atoms with Crippen LogP contribution in [0.2, 0.25) is 0 Å². The topological polar surface area (TPSA) is 156 Å². The largest absolute Gasteiger partial charge is 0.465 e. The number of non-ortho nitro benzene ring substituents is 1. The highest BCUT2D eigenvalue weighted by Crippen LogP contribution is 2.33. The summed E-state index contributed by atoms with van der Waals surface area (Å²) in [6, 6.07) is 0.915. The molecular weight excluding hydrogens is 266 g/mol. The predicted molar refractivity (Wildman–Crippen MR) is 57.7 cm³/mol. The Morgan fingerprint density at radius 1 is 1.00 bits per heavy atom. The summed E-state index contributed by atoms with van der Waals surface area (Å²) < 4.78 is 4.20. The van der Waals surface area contributed by atoms with Gasteiger partial charge in [0.1, 0.15) is 0 Å². The van der Waals surface area contributed by atoms with Crippen LogP contribution in [-0.2, 0) is 4.74 Å². The molecule has 1 aromatic rings. The average molecular weight is 271 g/mol. The summed E-state index contributed by atoms with van der Waals surface area (Å²) in [4.78, 5) is 40.1. The number of carbonyl (C=O) groups excluding carboxylic acids is 1. The van der Waals surface area contributed by atoms with Crippen LogP contribution >= 0.6 is 0 Å². The number of ether oxygens (including phenoxy) is 1. The SMILES string of the molecule is COC(=O)c1c([N+](=O)[O-])cc([N+](=O)[O-])cc1[N+](=O)[O-]. The fourth-order valence-corrected chi connectivity index (χ4v) is 1.30. The first-order valence-corrected chi connectivity index (χ1v) is 4.49. The molecular formula is C8H5N3O8. The number of nitro groups is 3. The van der Waals surface area contributed by atoms with Crippen molar-refractivity contribution in [3.63, 3.8) is 0 Å². The predicted octanol–water partition coefficient (Wildman–Crippen LogP) is 1.20. The Kier molecular flexibility index (Phi) is 3.70. The second kappa shape index (κ2) is 5.03. The molecule has 0 spiro atoms. The molecule has 19 heavy (non-hydrogen) atoms. The minimum Gasteiger partial charge on any atom is -0.465 e. The molecule has 0 saturated heterocycles. The van der Waals surface area contributed by atoms with Gasteiger partial charge in [0.15, 0.2) is 0 Å². The molecule has 0 unspecified atom stereocenters. The van der Waals surface area contributed by atoms with Gasteiger partial charge in [-0.2, -0.15) is 0 Å². The number of esters is 1. The van der Waals surface area contributed by atoms with Gasteiger partial charge in [-0.05, 0) is 0 Å². The molecule has 0 bridgehead atoms. The molecule has 0 aliphatic rings. The van der Waals surface area contributed by atoms with Crippen molar-refractivity contribution in [1.29, 1.82) is 0 Å². The van der Waals surface area contributed by atoms with Crippen LogP contribution < -0.4 is 0 Å². The monoisotopic (exact) mass is 271 g/mol. The third-order valence-corrected chi connectivity index (χ3v) is 2.08. The van der Waals surface area contributed by atoms with E-state index in [4.69, 9.17) is 0 Å². The lowest BCUT2D eigenvalue weighted by atomic mass is 10.1. The molecule has 11 nitrogen and oxygen atoms in total. The van der Waals surface area contributed by atoms with E-state index in [1.54, 1.807) is 0 Å². The van der Waals surface area contributed by atoms with Crippen LogP contribution in [0.3, 0.4) is 0 Å². The zero-order valence-electron chi connectivity index (χ0n) is 9.26. The maximum absolute atomic E-state index is 11.3. The molecule has 1 rings (SSSR count). The number of benzene rings is 1. The maximum atomic E-state index is 11.3. The van der Waals surface area contributed by atoms with Crippen LogP contribution in [0.15, 0.2) is 12.1 Å². The molecule has 0 heterocycles. The van der Waals surface area contributed by atoms with Crippen molar-refractivity contribution in [2.45, 2.75) is 0 Å². The van der Waals surface area contributed by atoms with Gasteiger partial charge in [0.2, 0.25) is 5.56 Å². The van der Waals surface area contributed by atoms with E-state index in [1.165, 1.54) is 0 Å². The van der Waals surface area contributed by atoms with Gasteiger partial charge in [0.05, 0.1) is 34.0 Å². The second-order valence-corrected chi connectivity index (χ2v) is 3.12. The highest BCUT2D eigenvalue weighted by Gasteiger charge is 2.35. The standard InChI is InChI=1S/C8H5N3O8/c1-19-8(12)7-5(10(15)16)2-4(9(13)14)3-6(7)11(17)18/h2-3H,1H3. The third-order valence-electron chi connectivity index (χ3n) is 2.08. The zero-order valence-corrected chi connectivity index (χ0v) is 9.26. The highest BCUT2D eigenvalue weighted by molar-refractivity contribution is 5.99. The van der Waals surface area contributed by atoms with E-state index in [9.17, 15) is 35.1 Å².